The van der Waals surface area contributed by atoms with Crippen molar-refractivity contribution < 1.29 is 32.9 Å². The third kappa shape index (κ3) is 6.25. The van der Waals surface area contributed by atoms with Crippen LogP contribution in [0.4, 0.5) is 4.39 Å². The molecule has 1 aliphatic heterocycles. The molecule has 3 aromatic rings. The van der Waals surface area contributed by atoms with Gasteiger partial charge in [-0.3, -0.25) is 8.96 Å². The standard InChI is InChI=1S/C28H29FN2O7/c1-17-4-8-19(9-5-17)26(32)36-16-23-22(38-27(33)20-10-6-18(2)7-11-20)14-24(37-23)31-15-21(12-13-29)25(35-3)30-28(31)34/h4-11,15,22-24H,12-14,16H2,1-3H3/t22-,23+,24+/m0/s1. The van der Waals surface area contributed by atoms with Gasteiger partial charge in [0.15, 0.2) is 0 Å². The Balaban J connectivity index is 1.56. The van der Waals surface area contributed by atoms with E-state index in [-0.39, 0.29) is 25.3 Å². The van der Waals surface area contributed by atoms with E-state index in [1.54, 1.807) is 48.5 Å². The van der Waals surface area contributed by atoms with Crippen LogP contribution in [0.2, 0.25) is 0 Å². The number of aryl methyl sites for hydroxylation is 3. The number of halogens is 1. The second-order valence-corrected chi connectivity index (χ2v) is 9.04. The molecule has 1 saturated heterocycles. The van der Waals surface area contributed by atoms with Crippen molar-refractivity contribution >= 4 is 11.9 Å². The molecule has 4 rings (SSSR count). The summed E-state index contributed by atoms with van der Waals surface area (Å²) in [5, 5.41) is 0. The number of methoxy groups -OCH3 is 1. The Morgan fingerprint density at radius 1 is 1.03 bits per heavy atom. The van der Waals surface area contributed by atoms with Gasteiger partial charge in [0.25, 0.3) is 0 Å². The number of hydrogen-bond acceptors (Lipinski definition) is 8. The Kier molecular flexibility index (Phi) is 8.52. The van der Waals surface area contributed by atoms with E-state index in [1.807, 2.05) is 13.8 Å². The summed E-state index contributed by atoms with van der Waals surface area (Å²) in [6, 6.07) is 13.8. The third-order valence-electron chi connectivity index (χ3n) is 6.25. The lowest BCUT2D eigenvalue weighted by atomic mass is 10.1. The lowest BCUT2D eigenvalue weighted by Gasteiger charge is -2.19. The van der Waals surface area contributed by atoms with Gasteiger partial charge < -0.3 is 18.9 Å². The third-order valence-corrected chi connectivity index (χ3v) is 6.25. The van der Waals surface area contributed by atoms with Crippen molar-refractivity contribution in [1.29, 1.82) is 0 Å². The summed E-state index contributed by atoms with van der Waals surface area (Å²) < 4.78 is 36.7. The number of carbonyl (C=O) groups is 2. The Labute approximate surface area is 219 Å². The van der Waals surface area contributed by atoms with Crippen molar-refractivity contribution in [3.8, 4) is 5.88 Å². The van der Waals surface area contributed by atoms with Crippen LogP contribution in [0.15, 0.2) is 59.5 Å². The summed E-state index contributed by atoms with van der Waals surface area (Å²) >= 11 is 0. The van der Waals surface area contributed by atoms with Crippen LogP contribution in [-0.4, -0.2) is 54.1 Å². The average Bonchev–Trinajstić information content (AvgIpc) is 3.30. The van der Waals surface area contributed by atoms with E-state index in [0.717, 1.165) is 11.1 Å². The summed E-state index contributed by atoms with van der Waals surface area (Å²) in [5.41, 5.74) is 2.42. The molecule has 38 heavy (non-hydrogen) atoms. The van der Waals surface area contributed by atoms with Crippen LogP contribution < -0.4 is 10.4 Å². The molecule has 3 atom stereocenters. The van der Waals surface area contributed by atoms with Gasteiger partial charge in [-0.1, -0.05) is 35.4 Å². The molecule has 0 radical (unpaired) electrons. The fraction of sp³-hybridized carbons (Fsp3) is 0.357. The van der Waals surface area contributed by atoms with E-state index in [2.05, 4.69) is 4.98 Å². The second kappa shape index (κ2) is 12.0. The molecule has 0 N–H and O–H groups in total. The Morgan fingerprint density at radius 3 is 2.21 bits per heavy atom. The summed E-state index contributed by atoms with van der Waals surface area (Å²) in [4.78, 5) is 42.0. The van der Waals surface area contributed by atoms with Crippen LogP contribution in [0.5, 0.6) is 5.88 Å². The van der Waals surface area contributed by atoms with Gasteiger partial charge in [0.1, 0.15) is 25.0 Å². The van der Waals surface area contributed by atoms with Crippen LogP contribution in [-0.2, 0) is 20.6 Å². The maximum Gasteiger partial charge on any atom is 0.352 e. The Morgan fingerprint density at radius 2 is 1.63 bits per heavy atom. The van der Waals surface area contributed by atoms with E-state index >= 15 is 0 Å². The van der Waals surface area contributed by atoms with Gasteiger partial charge in [-0.05, 0) is 38.1 Å². The van der Waals surface area contributed by atoms with Crippen LogP contribution in [0.1, 0.15) is 50.1 Å². The van der Waals surface area contributed by atoms with Crippen LogP contribution in [0.25, 0.3) is 0 Å². The molecule has 1 aliphatic rings. The number of alkyl halides is 1. The lowest BCUT2D eigenvalue weighted by molar-refractivity contribution is -0.0583. The molecular weight excluding hydrogens is 495 g/mol. The van der Waals surface area contributed by atoms with E-state index in [0.29, 0.717) is 16.7 Å². The number of rotatable bonds is 9. The zero-order chi connectivity index (χ0) is 27.2. The van der Waals surface area contributed by atoms with Crippen molar-refractivity contribution in [2.45, 2.75) is 45.1 Å². The van der Waals surface area contributed by atoms with E-state index < -0.39 is 42.7 Å². The molecule has 0 spiro atoms. The van der Waals surface area contributed by atoms with Crippen LogP contribution in [0, 0.1) is 13.8 Å². The zero-order valence-corrected chi connectivity index (χ0v) is 21.4. The minimum atomic E-state index is -0.891. The Bertz CT molecular complexity index is 1340. The summed E-state index contributed by atoms with van der Waals surface area (Å²) in [6.07, 6.45) is -1.07. The quantitative estimate of drug-likeness (QED) is 0.390. The highest BCUT2D eigenvalue weighted by Gasteiger charge is 2.40. The van der Waals surface area contributed by atoms with Crippen LogP contribution >= 0.6 is 0 Å². The average molecular weight is 525 g/mol. The molecule has 0 amide bonds. The minimum Gasteiger partial charge on any atom is -0.481 e. The number of benzene rings is 2. The highest BCUT2D eigenvalue weighted by Crippen LogP contribution is 2.32. The largest absolute Gasteiger partial charge is 0.481 e. The summed E-state index contributed by atoms with van der Waals surface area (Å²) in [6.45, 7) is 2.92. The van der Waals surface area contributed by atoms with Gasteiger partial charge in [0.05, 0.1) is 24.9 Å². The van der Waals surface area contributed by atoms with Crippen molar-refractivity contribution in [2.24, 2.45) is 0 Å². The topological polar surface area (TPSA) is 106 Å². The number of esters is 2. The smallest absolute Gasteiger partial charge is 0.352 e. The zero-order valence-electron chi connectivity index (χ0n) is 21.4. The first-order valence-corrected chi connectivity index (χ1v) is 12.2. The number of hydrogen-bond donors (Lipinski definition) is 0. The summed E-state index contributed by atoms with van der Waals surface area (Å²) in [7, 11) is 1.35. The van der Waals surface area contributed by atoms with Crippen molar-refractivity contribution in [3.05, 3.63) is 93.0 Å². The predicted molar refractivity (Wildman–Crippen MR) is 135 cm³/mol. The monoisotopic (exact) mass is 524 g/mol. The van der Waals surface area contributed by atoms with E-state index in [9.17, 15) is 18.8 Å². The number of aromatic nitrogens is 2. The predicted octanol–water partition coefficient (Wildman–Crippen LogP) is 3.75. The van der Waals surface area contributed by atoms with E-state index in [4.69, 9.17) is 18.9 Å². The molecule has 0 aliphatic carbocycles. The molecule has 200 valence electrons. The number of ether oxygens (including phenoxy) is 4. The fourth-order valence-corrected chi connectivity index (χ4v) is 4.12. The first-order valence-electron chi connectivity index (χ1n) is 12.2. The highest BCUT2D eigenvalue weighted by atomic mass is 19.1. The maximum absolute atomic E-state index is 13.1. The molecule has 10 heteroatoms. The van der Waals surface area contributed by atoms with Gasteiger partial charge in [-0.15, -0.1) is 0 Å². The maximum atomic E-state index is 13.1. The molecule has 9 nitrogen and oxygen atoms in total. The molecule has 1 fully saturated rings. The molecule has 2 aromatic carbocycles. The minimum absolute atomic E-state index is 0.00734. The van der Waals surface area contributed by atoms with Crippen molar-refractivity contribution in [1.82, 2.24) is 9.55 Å². The van der Waals surface area contributed by atoms with Gasteiger partial charge in [0.2, 0.25) is 5.88 Å². The normalized spacial score (nSPS) is 18.7. The Hall–Kier alpha value is -4.05. The van der Waals surface area contributed by atoms with E-state index in [1.165, 1.54) is 17.9 Å². The molecule has 0 unspecified atom stereocenters. The van der Waals surface area contributed by atoms with Gasteiger partial charge in [0, 0.05) is 24.6 Å². The number of nitrogens with zero attached hydrogens (tertiary/aromatic N) is 2. The van der Waals surface area contributed by atoms with Gasteiger partial charge >= 0.3 is 17.6 Å². The van der Waals surface area contributed by atoms with Gasteiger partial charge in [-0.25, -0.2) is 14.4 Å². The highest BCUT2D eigenvalue weighted by molar-refractivity contribution is 5.90. The lowest BCUT2D eigenvalue weighted by Crippen LogP contribution is -2.32. The molecule has 2 heterocycles. The van der Waals surface area contributed by atoms with Gasteiger partial charge in [-0.2, -0.15) is 4.98 Å². The van der Waals surface area contributed by atoms with Crippen LogP contribution in [0.3, 0.4) is 0 Å². The molecule has 0 saturated carbocycles. The first-order chi connectivity index (χ1) is 18.3. The van der Waals surface area contributed by atoms with Crippen molar-refractivity contribution in [2.75, 3.05) is 20.4 Å². The fourth-order valence-electron chi connectivity index (χ4n) is 4.12. The van der Waals surface area contributed by atoms with Crippen molar-refractivity contribution in [3.63, 3.8) is 0 Å². The molecular formula is C28H29FN2O7. The first kappa shape index (κ1) is 27.0. The summed E-state index contributed by atoms with van der Waals surface area (Å²) in [5.74, 6) is -1.10. The molecule has 0 bridgehead atoms. The second-order valence-electron chi connectivity index (χ2n) is 9.04. The molecule has 1 aromatic heterocycles. The SMILES string of the molecule is COc1nc(=O)n([C@H]2C[C@H](OC(=O)c3ccc(C)cc3)[C@@H](COC(=O)c3ccc(C)cc3)O2)cc1CCF. The number of carbonyl (C=O) groups excluding carboxylic acids is 2.